The Morgan fingerprint density at radius 2 is 1.85 bits per heavy atom. The van der Waals surface area contributed by atoms with Gasteiger partial charge in [-0.2, -0.15) is 0 Å². The summed E-state index contributed by atoms with van der Waals surface area (Å²) in [5.74, 6) is 0.251. The molecular weight excluding hydrogens is 293 g/mol. The van der Waals surface area contributed by atoms with E-state index in [1.165, 1.54) is 5.56 Å². The van der Waals surface area contributed by atoms with Crippen LogP contribution in [-0.2, 0) is 4.79 Å². The van der Waals surface area contributed by atoms with Crippen LogP contribution in [0.15, 0.2) is 18.2 Å². The molecule has 1 amide bonds. The lowest BCUT2D eigenvalue weighted by Gasteiger charge is -2.27. The average Bonchev–Trinajstić information content (AvgIpc) is 2.39. The van der Waals surface area contributed by atoms with Gasteiger partial charge in [-0.1, -0.05) is 45.4 Å². The maximum atomic E-state index is 12.5. The van der Waals surface area contributed by atoms with Gasteiger partial charge in [-0.3, -0.25) is 9.69 Å². The van der Waals surface area contributed by atoms with Gasteiger partial charge in [-0.15, -0.1) is 23.2 Å². The fraction of sp³-hybridized carbons (Fsp3) is 0.562. The Morgan fingerprint density at radius 3 is 2.30 bits per heavy atom. The normalized spacial score (nSPS) is 12.8. The van der Waals surface area contributed by atoms with Gasteiger partial charge in [0.1, 0.15) is 11.4 Å². The van der Waals surface area contributed by atoms with E-state index in [9.17, 15) is 4.79 Å². The number of benzene rings is 1. The summed E-state index contributed by atoms with van der Waals surface area (Å²) in [5, 5.41) is -0.560. The van der Waals surface area contributed by atoms with Crippen molar-refractivity contribution in [3.8, 4) is 0 Å². The van der Waals surface area contributed by atoms with Crippen LogP contribution in [0.2, 0.25) is 0 Å². The predicted molar refractivity (Wildman–Crippen MR) is 88.0 cm³/mol. The third kappa shape index (κ3) is 3.89. The highest BCUT2D eigenvalue weighted by atomic mass is 35.5. The van der Waals surface area contributed by atoms with Crippen LogP contribution in [0.3, 0.4) is 0 Å². The predicted octanol–water partition coefficient (Wildman–Crippen LogP) is 4.91. The quantitative estimate of drug-likeness (QED) is 0.558. The minimum Gasteiger partial charge on any atom is -0.297 e. The molecule has 1 aromatic rings. The van der Waals surface area contributed by atoms with E-state index in [0.29, 0.717) is 5.92 Å². The number of alkyl halides is 2. The first-order valence-corrected chi connectivity index (χ1v) is 7.88. The SMILES string of the molecule is Cc1ccc(N(CCl)C(=O)C(Cl)C(C)C)c(C(C)C)c1. The maximum absolute atomic E-state index is 12.5. The number of hydrogen-bond acceptors (Lipinski definition) is 1. The zero-order valence-corrected chi connectivity index (χ0v) is 14.3. The van der Waals surface area contributed by atoms with E-state index in [0.717, 1.165) is 11.3 Å². The Morgan fingerprint density at radius 1 is 1.25 bits per heavy atom. The average molecular weight is 316 g/mol. The van der Waals surface area contributed by atoms with Gasteiger partial charge in [0.2, 0.25) is 5.91 Å². The topological polar surface area (TPSA) is 20.3 Å². The summed E-state index contributed by atoms with van der Waals surface area (Å²) in [6.45, 7) is 10.1. The zero-order chi connectivity index (χ0) is 15.4. The van der Waals surface area contributed by atoms with Crippen molar-refractivity contribution in [3.63, 3.8) is 0 Å². The van der Waals surface area contributed by atoms with Crippen molar-refractivity contribution in [2.75, 3.05) is 10.9 Å². The molecule has 0 aliphatic carbocycles. The number of nitrogens with zero attached hydrogens (tertiary/aromatic N) is 1. The highest BCUT2D eigenvalue weighted by molar-refractivity contribution is 6.34. The molecule has 4 heteroatoms. The summed E-state index contributed by atoms with van der Waals surface area (Å²) in [7, 11) is 0. The van der Waals surface area contributed by atoms with Crippen molar-refractivity contribution >= 4 is 34.8 Å². The fourth-order valence-electron chi connectivity index (χ4n) is 2.06. The largest absolute Gasteiger partial charge is 0.297 e. The second kappa shape index (κ2) is 7.33. The maximum Gasteiger partial charge on any atom is 0.246 e. The van der Waals surface area contributed by atoms with Crippen molar-refractivity contribution < 1.29 is 4.79 Å². The molecule has 1 rings (SSSR count). The van der Waals surface area contributed by atoms with Crippen LogP contribution < -0.4 is 4.90 Å². The number of rotatable bonds is 5. The Bertz CT molecular complexity index is 472. The van der Waals surface area contributed by atoms with Gasteiger partial charge in [-0.05, 0) is 30.4 Å². The van der Waals surface area contributed by atoms with Crippen LogP contribution in [0, 0.1) is 12.8 Å². The van der Waals surface area contributed by atoms with Crippen molar-refractivity contribution in [2.24, 2.45) is 5.92 Å². The number of amides is 1. The van der Waals surface area contributed by atoms with E-state index in [4.69, 9.17) is 23.2 Å². The summed E-state index contributed by atoms with van der Waals surface area (Å²) in [4.78, 5) is 14.1. The molecule has 0 fully saturated rings. The molecule has 0 heterocycles. The molecule has 20 heavy (non-hydrogen) atoms. The Kier molecular flexibility index (Phi) is 6.35. The van der Waals surface area contributed by atoms with E-state index < -0.39 is 5.38 Å². The first-order valence-electron chi connectivity index (χ1n) is 6.91. The molecule has 0 aliphatic heterocycles. The number of anilines is 1. The Hall–Kier alpha value is -0.730. The van der Waals surface area contributed by atoms with Gasteiger partial charge < -0.3 is 0 Å². The summed E-state index contributed by atoms with van der Waals surface area (Å²) in [6.07, 6.45) is 0. The standard InChI is InChI=1S/C16H23Cl2NO/c1-10(2)13-8-12(5)6-7-14(13)19(9-17)16(20)15(18)11(3)4/h6-8,10-11,15H,9H2,1-5H3. The number of halogens is 2. The molecule has 1 atom stereocenters. The lowest BCUT2D eigenvalue weighted by Crippen LogP contribution is -2.39. The second-order valence-electron chi connectivity index (χ2n) is 5.75. The first kappa shape index (κ1) is 17.3. The van der Waals surface area contributed by atoms with Gasteiger partial charge >= 0.3 is 0 Å². The van der Waals surface area contributed by atoms with Crippen LogP contribution in [0.25, 0.3) is 0 Å². The van der Waals surface area contributed by atoms with Crippen LogP contribution in [0.1, 0.15) is 44.7 Å². The number of aryl methyl sites for hydroxylation is 1. The van der Waals surface area contributed by atoms with Crippen molar-refractivity contribution in [2.45, 2.75) is 45.9 Å². The monoisotopic (exact) mass is 315 g/mol. The minimum atomic E-state index is -0.560. The highest BCUT2D eigenvalue weighted by Gasteiger charge is 2.27. The van der Waals surface area contributed by atoms with E-state index in [-0.39, 0.29) is 17.8 Å². The lowest BCUT2D eigenvalue weighted by atomic mass is 9.98. The molecule has 0 aromatic heterocycles. The smallest absolute Gasteiger partial charge is 0.246 e. The van der Waals surface area contributed by atoms with Gasteiger partial charge in [0.25, 0.3) is 0 Å². The molecule has 0 N–H and O–H groups in total. The highest BCUT2D eigenvalue weighted by Crippen LogP contribution is 2.30. The van der Waals surface area contributed by atoms with Crippen LogP contribution >= 0.6 is 23.2 Å². The van der Waals surface area contributed by atoms with E-state index in [1.54, 1.807) is 4.90 Å². The number of carbonyl (C=O) groups excluding carboxylic acids is 1. The van der Waals surface area contributed by atoms with Crippen molar-refractivity contribution in [3.05, 3.63) is 29.3 Å². The fourth-order valence-corrected chi connectivity index (χ4v) is 2.42. The molecule has 0 radical (unpaired) electrons. The van der Waals surface area contributed by atoms with E-state index in [2.05, 4.69) is 19.9 Å². The van der Waals surface area contributed by atoms with Gasteiger partial charge in [0.15, 0.2) is 0 Å². The van der Waals surface area contributed by atoms with Gasteiger partial charge in [0, 0.05) is 5.69 Å². The summed E-state index contributed by atoms with van der Waals surface area (Å²) in [5.41, 5.74) is 3.15. The molecular formula is C16H23Cl2NO. The number of hydrogen-bond donors (Lipinski definition) is 0. The molecule has 0 aliphatic rings. The Labute approximate surface area is 132 Å². The minimum absolute atomic E-state index is 0.0721. The summed E-state index contributed by atoms with van der Waals surface area (Å²) >= 11 is 12.2. The molecule has 0 saturated carbocycles. The number of carbonyl (C=O) groups is 1. The molecule has 1 unspecified atom stereocenters. The van der Waals surface area contributed by atoms with Crippen LogP contribution in [0.5, 0.6) is 0 Å². The van der Waals surface area contributed by atoms with Crippen LogP contribution in [0.4, 0.5) is 5.69 Å². The first-order chi connectivity index (χ1) is 9.29. The molecule has 0 spiro atoms. The van der Waals surface area contributed by atoms with Gasteiger partial charge in [-0.25, -0.2) is 0 Å². The van der Waals surface area contributed by atoms with E-state index >= 15 is 0 Å². The lowest BCUT2D eigenvalue weighted by molar-refractivity contribution is -0.118. The van der Waals surface area contributed by atoms with Crippen molar-refractivity contribution in [1.82, 2.24) is 0 Å². The summed E-state index contributed by atoms with van der Waals surface area (Å²) < 4.78 is 0. The Balaban J connectivity index is 3.22. The molecule has 0 bridgehead atoms. The summed E-state index contributed by atoms with van der Waals surface area (Å²) in [6, 6.07) is 6.16. The molecule has 2 nitrogen and oxygen atoms in total. The zero-order valence-electron chi connectivity index (χ0n) is 12.8. The van der Waals surface area contributed by atoms with Crippen LogP contribution in [-0.4, -0.2) is 17.3 Å². The molecule has 0 saturated heterocycles. The molecule has 112 valence electrons. The van der Waals surface area contributed by atoms with E-state index in [1.807, 2.05) is 32.9 Å². The van der Waals surface area contributed by atoms with Gasteiger partial charge in [0.05, 0.1) is 0 Å². The molecule has 1 aromatic carbocycles. The third-order valence-electron chi connectivity index (χ3n) is 3.30. The third-order valence-corrected chi connectivity index (χ3v) is 4.23. The van der Waals surface area contributed by atoms with Crippen molar-refractivity contribution in [1.29, 1.82) is 0 Å². The second-order valence-corrected chi connectivity index (χ2v) is 6.46.